The molecule has 0 spiro atoms. The number of aliphatic hydroxyl groups excluding tert-OH is 1. The molecule has 10 nitrogen and oxygen atoms in total. The van der Waals surface area contributed by atoms with Crippen LogP contribution in [0, 0.1) is 10.8 Å². The molecule has 1 aliphatic rings. The number of benzene rings is 2. The number of nitrogens with zero attached hydrogens (tertiary/aromatic N) is 1. The Kier molecular flexibility index (Phi) is 13.4. The fraction of sp³-hybridized carbons (Fsp3) is 0.529. The van der Waals surface area contributed by atoms with Crippen molar-refractivity contribution in [2.24, 2.45) is 10.8 Å². The number of hydrogen-bond donors (Lipinski definition) is 3. The molecule has 2 aromatic carbocycles. The second kappa shape index (κ2) is 15.7. The van der Waals surface area contributed by atoms with E-state index in [1.54, 1.807) is 76.8 Å². The Morgan fingerprint density at radius 3 is 2.04 bits per heavy atom. The quantitative estimate of drug-likeness (QED) is 0.212. The lowest BCUT2D eigenvalue weighted by Gasteiger charge is -2.30. The number of carbonyl (C=O) groups is 4. The lowest BCUT2D eigenvalue weighted by atomic mass is 9.97. The van der Waals surface area contributed by atoms with Gasteiger partial charge >= 0.3 is 11.9 Å². The Hall–Kier alpha value is -2.99. The lowest BCUT2D eigenvalue weighted by Crippen LogP contribution is -2.53. The normalized spacial score (nSPS) is 15.9. The van der Waals surface area contributed by atoms with Crippen molar-refractivity contribution in [2.75, 3.05) is 19.6 Å². The maximum absolute atomic E-state index is 13.1. The SMILES string of the molecule is Br.CC(C)(CNC(=O)[C@@H]1CCCN1C(=O)c1ccc(Cl)cc1)NCC(O)c1ccc(OC(=O)C(C)(C)C)c(OC(=O)C(C)(C)C)c1. The van der Waals surface area contributed by atoms with Gasteiger partial charge in [-0.2, -0.15) is 0 Å². The van der Waals surface area contributed by atoms with Crippen LogP contribution in [0.15, 0.2) is 42.5 Å². The van der Waals surface area contributed by atoms with Crippen molar-refractivity contribution < 1.29 is 33.8 Å². The zero-order chi connectivity index (χ0) is 33.7. The number of aliphatic hydroxyl groups is 1. The van der Waals surface area contributed by atoms with E-state index in [4.69, 9.17) is 21.1 Å². The van der Waals surface area contributed by atoms with Crippen molar-refractivity contribution in [3.63, 3.8) is 0 Å². The minimum Gasteiger partial charge on any atom is -0.422 e. The molecule has 3 N–H and O–H groups in total. The third-order valence-corrected chi connectivity index (χ3v) is 7.62. The molecule has 0 aliphatic carbocycles. The van der Waals surface area contributed by atoms with Crippen LogP contribution in [0.5, 0.6) is 11.5 Å². The fourth-order valence-corrected chi connectivity index (χ4v) is 4.55. The number of esters is 2. The summed E-state index contributed by atoms with van der Waals surface area (Å²) in [6.07, 6.45) is 0.287. The number of amides is 2. The topological polar surface area (TPSA) is 134 Å². The van der Waals surface area contributed by atoms with Crippen LogP contribution in [0.2, 0.25) is 5.02 Å². The Labute approximate surface area is 287 Å². The van der Waals surface area contributed by atoms with Gasteiger partial charge in [0.15, 0.2) is 11.5 Å². The first-order valence-electron chi connectivity index (χ1n) is 15.1. The van der Waals surface area contributed by atoms with E-state index in [1.165, 1.54) is 12.1 Å². The van der Waals surface area contributed by atoms with E-state index in [0.29, 0.717) is 29.1 Å². The minimum absolute atomic E-state index is 0. The second-order valence-electron chi connectivity index (χ2n) is 14.1. The van der Waals surface area contributed by atoms with Gasteiger partial charge in [0.2, 0.25) is 5.91 Å². The van der Waals surface area contributed by atoms with E-state index in [0.717, 1.165) is 6.42 Å². The summed E-state index contributed by atoms with van der Waals surface area (Å²) in [6, 6.07) is 10.6. The summed E-state index contributed by atoms with van der Waals surface area (Å²) in [5.74, 6) is -1.36. The van der Waals surface area contributed by atoms with Crippen LogP contribution in [0.1, 0.15) is 90.3 Å². The molecule has 0 aromatic heterocycles. The van der Waals surface area contributed by atoms with Gasteiger partial charge in [0.1, 0.15) is 6.04 Å². The molecule has 0 bridgehead atoms. The van der Waals surface area contributed by atoms with Crippen LogP contribution >= 0.6 is 28.6 Å². The summed E-state index contributed by atoms with van der Waals surface area (Å²) >= 11 is 5.95. The molecular weight excluding hydrogens is 678 g/mol. The maximum atomic E-state index is 13.1. The van der Waals surface area contributed by atoms with E-state index >= 15 is 0 Å². The maximum Gasteiger partial charge on any atom is 0.316 e. The molecule has 1 saturated heterocycles. The molecule has 0 radical (unpaired) electrons. The number of β-amino-alcohol motifs (C(OH)–C–C–N with tert-alkyl or cyclic N) is 1. The Bertz CT molecular complexity index is 1400. The summed E-state index contributed by atoms with van der Waals surface area (Å²) in [5, 5.41) is 17.8. The molecule has 1 aliphatic heterocycles. The van der Waals surface area contributed by atoms with E-state index in [9.17, 15) is 24.3 Å². The molecular formula is C34H47BrClN3O7. The Balaban J connectivity index is 0.00000736. The van der Waals surface area contributed by atoms with Crippen LogP contribution in [-0.2, 0) is 14.4 Å². The largest absolute Gasteiger partial charge is 0.422 e. The highest BCUT2D eigenvalue weighted by Crippen LogP contribution is 2.34. The van der Waals surface area contributed by atoms with E-state index in [-0.39, 0.29) is 53.4 Å². The van der Waals surface area contributed by atoms with Crippen molar-refractivity contribution in [3.05, 3.63) is 58.6 Å². The van der Waals surface area contributed by atoms with E-state index < -0.39 is 40.5 Å². The predicted molar refractivity (Wildman–Crippen MR) is 183 cm³/mol. The van der Waals surface area contributed by atoms with Crippen molar-refractivity contribution in [1.82, 2.24) is 15.5 Å². The molecule has 3 rings (SSSR count). The zero-order valence-electron chi connectivity index (χ0n) is 27.9. The van der Waals surface area contributed by atoms with E-state index in [2.05, 4.69) is 10.6 Å². The number of rotatable bonds is 10. The van der Waals surface area contributed by atoms with Crippen molar-refractivity contribution in [2.45, 2.75) is 85.9 Å². The molecule has 1 fully saturated rings. The van der Waals surface area contributed by atoms with Gasteiger partial charge in [-0.25, -0.2) is 0 Å². The van der Waals surface area contributed by atoms with Crippen LogP contribution in [0.3, 0.4) is 0 Å². The summed E-state index contributed by atoms with van der Waals surface area (Å²) in [5.41, 5.74) is -1.29. The number of carbonyl (C=O) groups excluding carboxylic acids is 4. The zero-order valence-corrected chi connectivity index (χ0v) is 30.3. The van der Waals surface area contributed by atoms with Crippen LogP contribution < -0.4 is 20.1 Å². The van der Waals surface area contributed by atoms with Gasteiger partial charge in [-0.1, -0.05) is 17.7 Å². The fourth-order valence-electron chi connectivity index (χ4n) is 4.42. The molecule has 2 aromatic rings. The number of hydrogen-bond acceptors (Lipinski definition) is 8. The smallest absolute Gasteiger partial charge is 0.316 e. The van der Waals surface area contributed by atoms with Gasteiger partial charge in [0, 0.05) is 35.8 Å². The highest BCUT2D eigenvalue weighted by Gasteiger charge is 2.35. The van der Waals surface area contributed by atoms with Gasteiger partial charge < -0.3 is 30.1 Å². The number of nitrogens with one attached hydrogen (secondary N) is 2. The second-order valence-corrected chi connectivity index (χ2v) is 14.6. The van der Waals surface area contributed by atoms with Gasteiger partial charge in [-0.3, -0.25) is 19.2 Å². The summed E-state index contributed by atoms with van der Waals surface area (Å²) in [7, 11) is 0. The number of ether oxygens (including phenoxy) is 2. The molecule has 2 atom stereocenters. The molecule has 1 unspecified atom stereocenters. The third-order valence-electron chi connectivity index (χ3n) is 7.37. The lowest BCUT2D eigenvalue weighted by molar-refractivity contribution is -0.145. The summed E-state index contributed by atoms with van der Waals surface area (Å²) in [4.78, 5) is 53.0. The molecule has 1 heterocycles. The summed E-state index contributed by atoms with van der Waals surface area (Å²) in [6.45, 7) is 14.9. The average molecular weight is 725 g/mol. The molecule has 0 saturated carbocycles. The van der Waals surface area contributed by atoms with E-state index in [1.807, 2.05) is 13.8 Å². The third kappa shape index (κ3) is 10.8. The molecule has 254 valence electrons. The standard InChI is InChI=1S/C34H46ClN3O7.BrH/c1-32(2,3)30(42)44-26-16-13-22(18-27(26)45-31(43)33(4,5)6)25(39)19-37-34(7,8)20-36-28(40)24-10-9-17-38(24)29(41)21-11-14-23(35)15-12-21;/h11-16,18,24-25,37,39H,9-10,17,19-20H2,1-8H3,(H,36,40);1H/t24-,25?;/m0./s1. The van der Waals surface area contributed by atoms with Crippen LogP contribution in [-0.4, -0.2) is 65.0 Å². The first kappa shape index (κ1) is 39.2. The van der Waals surface area contributed by atoms with Crippen LogP contribution in [0.4, 0.5) is 0 Å². The Morgan fingerprint density at radius 2 is 1.48 bits per heavy atom. The first-order valence-corrected chi connectivity index (χ1v) is 15.5. The highest BCUT2D eigenvalue weighted by molar-refractivity contribution is 8.93. The number of halogens is 2. The molecule has 2 amide bonds. The van der Waals surface area contributed by atoms with Crippen molar-refractivity contribution in [3.8, 4) is 11.5 Å². The van der Waals surface area contributed by atoms with Gasteiger partial charge in [-0.15, -0.1) is 17.0 Å². The first-order chi connectivity index (χ1) is 20.8. The van der Waals surface area contributed by atoms with Crippen molar-refractivity contribution in [1.29, 1.82) is 0 Å². The highest BCUT2D eigenvalue weighted by atomic mass is 79.9. The average Bonchev–Trinajstić information content (AvgIpc) is 3.45. The van der Waals surface area contributed by atoms with Gasteiger partial charge in [-0.05, 0) is 110 Å². The summed E-state index contributed by atoms with van der Waals surface area (Å²) < 4.78 is 11.1. The van der Waals surface area contributed by atoms with Gasteiger partial charge in [0.05, 0.1) is 16.9 Å². The Morgan fingerprint density at radius 1 is 0.913 bits per heavy atom. The minimum atomic E-state index is -1.01. The van der Waals surface area contributed by atoms with Gasteiger partial charge in [0.25, 0.3) is 5.91 Å². The van der Waals surface area contributed by atoms with Crippen LogP contribution in [0.25, 0.3) is 0 Å². The monoisotopic (exact) mass is 723 g/mol. The predicted octanol–water partition coefficient (Wildman–Crippen LogP) is 5.64. The molecule has 12 heteroatoms. The number of likely N-dealkylation sites (tertiary alicyclic amines) is 1. The molecule has 46 heavy (non-hydrogen) atoms. The van der Waals surface area contributed by atoms with Crippen molar-refractivity contribution >= 4 is 52.3 Å².